The van der Waals surface area contributed by atoms with Gasteiger partial charge in [0.2, 0.25) is 10.0 Å². The molecule has 0 saturated heterocycles. The minimum Gasteiger partial charge on any atom is -0.212 e. The van der Waals surface area contributed by atoms with Crippen LogP contribution in [0.4, 0.5) is 0 Å². The standard InChI is InChI=1S/C18H23NO2S/c1-4-16-9-11-17(12-10-16)15(3)19-22(20,21)13-18-8-6-5-7-14(18)2/h5-12,15,19H,4,13H2,1-3H3/t15-/m1/s1. The zero-order valence-corrected chi connectivity index (χ0v) is 14.2. The van der Waals surface area contributed by atoms with Gasteiger partial charge < -0.3 is 0 Å². The fourth-order valence-corrected chi connectivity index (χ4v) is 3.89. The maximum Gasteiger partial charge on any atom is 0.216 e. The lowest BCUT2D eigenvalue weighted by atomic mass is 10.1. The Morgan fingerprint density at radius 3 is 2.27 bits per heavy atom. The molecular weight excluding hydrogens is 294 g/mol. The number of benzene rings is 2. The van der Waals surface area contributed by atoms with Crippen LogP contribution in [-0.4, -0.2) is 8.42 Å². The Morgan fingerprint density at radius 2 is 1.68 bits per heavy atom. The molecule has 1 N–H and O–H groups in total. The van der Waals surface area contributed by atoms with Crippen molar-refractivity contribution in [3.05, 3.63) is 70.8 Å². The van der Waals surface area contributed by atoms with Crippen LogP contribution in [0.25, 0.3) is 0 Å². The third kappa shape index (κ3) is 4.42. The van der Waals surface area contributed by atoms with E-state index in [0.29, 0.717) is 0 Å². The van der Waals surface area contributed by atoms with Gasteiger partial charge in [-0.25, -0.2) is 13.1 Å². The minimum absolute atomic E-state index is 0.0110. The highest BCUT2D eigenvalue weighted by molar-refractivity contribution is 7.88. The van der Waals surface area contributed by atoms with Crippen molar-refractivity contribution in [3.63, 3.8) is 0 Å². The van der Waals surface area contributed by atoms with E-state index >= 15 is 0 Å². The number of hydrogen-bond acceptors (Lipinski definition) is 2. The van der Waals surface area contributed by atoms with Gasteiger partial charge in [0.05, 0.1) is 5.75 Å². The number of rotatable bonds is 6. The van der Waals surface area contributed by atoms with E-state index in [9.17, 15) is 8.42 Å². The van der Waals surface area contributed by atoms with E-state index in [2.05, 4.69) is 11.6 Å². The molecule has 0 aliphatic rings. The number of nitrogens with one attached hydrogen (secondary N) is 1. The highest BCUT2D eigenvalue weighted by atomic mass is 32.2. The molecule has 2 aromatic carbocycles. The van der Waals surface area contributed by atoms with Crippen molar-refractivity contribution in [2.24, 2.45) is 0 Å². The topological polar surface area (TPSA) is 46.2 Å². The molecule has 0 aliphatic heterocycles. The van der Waals surface area contributed by atoms with Crippen molar-refractivity contribution in [1.82, 2.24) is 4.72 Å². The molecule has 0 saturated carbocycles. The molecule has 2 rings (SSSR count). The molecular formula is C18H23NO2S. The molecule has 22 heavy (non-hydrogen) atoms. The summed E-state index contributed by atoms with van der Waals surface area (Å²) in [6, 6.07) is 15.4. The molecule has 0 spiro atoms. The summed E-state index contributed by atoms with van der Waals surface area (Å²) in [6.07, 6.45) is 0.980. The number of hydrogen-bond donors (Lipinski definition) is 1. The zero-order chi connectivity index (χ0) is 16.2. The van der Waals surface area contributed by atoms with Crippen molar-refractivity contribution in [2.75, 3.05) is 0 Å². The molecule has 0 aromatic heterocycles. The fourth-order valence-electron chi connectivity index (χ4n) is 2.40. The molecule has 2 aromatic rings. The van der Waals surface area contributed by atoms with Crippen molar-refractivity contribution < 1.29 is 8.42 Å². The van der Waals surface area contributed by atoms with Crippen molar-refractivity contribution in [1.29, 1.82) is 0 Å². The van der Waals surface area contributed by atoms with E-state index in [1.807, 2.05) is 62.4 Å². The van der Waals surface area contributed by atoms with Crippen LogP contribution >= 0.6 is 0 Å². The van der Waals surface area contributed by atoms with Crippen molar-refractivity contribution in [3.8, 4) is 0 Å². The second kappa shape index (κ2) is 7.07. The van der Waals surface area contributed by atoms with Gasteiger partial charge in [0.15, 0.2) is 0 Å². The Morgan fingerprint density at radius 1 is 1.05 bits per heavy atom. The van der Waals surface area contributed by atoms with E-state index in [1.54, 1.807) is 0 Å². The third-order valence-electron chi connectivity index (χ3n) is 3.85. The number of sulfonamides is 1. The van der Waals surface area contributed by atoms with Crippen LogP contribution in [0.1, 0.15) is 42.1 Å². The lowest BCUT2D eigenvalue weighted by Crippen LogP contribution is -2.28. The van der Waals surface area contributed by atoms with Crippen LogP contribution in [0.3, 0.4) is 0 Å². The van der Waals surface area contributed by atoms with E-state index in [4.69, 9.17) is 0 Å². The van der Waals surface area contributed by atoms with Crippen LogP contribution in [0.2, 0.25) is 0 Å². The largest absolute Gasteiger partial charge is 0.216 e. The summed E-state index contributed by atoms with van der Waals surface area (Å²) in [5.41, 5.74) is 4.06. The Balaban J connectivity index is 2.09. The smallest absolute Gasteiger partial charge is 0.212 e. The van der Waals surface area contributed by atoms with Crippen LogP contribution < -0.4 is 4.72 Å². The average molecular weight is 317 g/mol. The molecule has 3 nitrogen and oxygen atoms in total. The molecule has 4 heteroatoms. The molecule has 0 amide bonds. The highest BCUT2D eigenvalue weighted by Crippen LogP contribution is 2.17. The Labute approximate surface area is 133 Å². The summed E-state index contributed by atoms with van der Waals surface area (Å²) >= 11 is 0. The van der Waals surface area contributed by atoms with E-state index in [1.165, 1.54) is 5.56 Å². The molecule has 0 bridgehead atoms. The molecule has 0 aliphatic carbocycles. The monoisotopic (exact) mass is 317 g/mol. The zero-order valence-electron chi connectivity index (χ0n) is 13.3. The second-order valence-corrected chi connectivity index (χ2v) is 7.37. The summed E-state index contributed by atoms with van der Waals surface area (Å²) in [5, 5.41) is 0. The SMILES string of the molecule is CCc1ccc([C@@H](C)NS(=O)(=O)Cc2ccccc2C)cc1. The van der Waals surface area contributed by atoms with Gasteiger partial charge in [0.1, 0.15) is 0 Å². The van der Waals surface area contributed by atoms with Gasteiger partial charge in [-0.15, -0.1) is 0 Å². The quantitative estimate of drug-likeness (QED) is 0.882. The first kappa shape index (κ1) is 16.7. The van der Waals surface area contributed by atoms with Gasteiger partial charge >= 0.3 is 0 Å². The van der Waals surface area contributed by atoms with Crippen molar-refractivity contribution >= 4 is 10.0 Å². The van der Waals surface area contributed by atoms with E-state index in [0.717, 1.165) is 23.1 Å². The Kier molecular flexibility index (Phi) is 5.37. The normalized spacial score (nSPS) is 13.0. The third-order valence-corrected chi connectivity index (χ3v) is 5.25. The van der Waals surface area contributed by atoms with Crippen LogP contribution in [-0.2, 0) is 22.2 Å². The van der Waals surface area contributed by atoms with Gasteiger partial charge in [0, 0.05) is 6.04 Å². The second-order valence-electron chi connectivity index (χ2n) is 5.62. The number of aryl methyl sites for hydroxylation is 2. The molecule has 1 atom stereocenters. The molecule has 0 unspecified atom stereocenters. The van der Waals surface area contributed by atoms with Gasteiger partial charge in [-0.1, -0.05) is 55.5 Å². The summed E-state index contributed by atoms with van der Waals surface area (Å²) in [5.74, 6) is 0.0110. The summed E-state index contributed by atoms with van der Waals surface area (Å²) in [4.78, 5) is 0. The minimum atomic E-state index is -3.37. The Hall–Kier alpha value is -1.65. The molecule has 0 radical (unpaired) electrons. The predicted molar refractivity (Wildman–Crippen MR) is 91.2 cm³/mol. The predicted octanol–water partition coefficient (Wildman–Crippen LogP) is 3.74. The fraction of sp³-hybridized carbons (Fsp3) is 0.333. The highest BCUT2D eigenvalue weighted by Gasteiger charge is 2.17. The lowest BCUT2D eigenvalue weighted by molar-refractivity contribution is 0.566. The molecule has 118 valence electrons. The van der Waals surface area contributed by atoms with Gasteiger partial charge in [0.25, 0.3) is 0 Å². The van der Waals surface area contributed by atoms with Crippen LogP contribution in [0, 0.1) is 6.92 Å². The van der Waals surface area contributed by atoms with Gasteiger partial charge in [-0.3, -0.25) is 0 Å². The van der Waals surface area contributed by atoms with Crippen LogP contribution in [0.15, 0.2) is 48.5 Å². The van der Waals surface area contributed by atoms with Gasteiger partial charge in [-0.05, 0) is 42.5 Å². The maximum atomic E-state index is 12.3. The first-order valence-corrected chi connectivity index (χ1v) is 9.20. The first-order chi connectivity index (χ1) is 10.4. The molecule has 0 fully saturated rings. The van der Waals surface area contributed by atoms with E-state index in [-0.39, 0.29) is 11.8 Å². The maximum absolute atomic E-state index is 12.3. The first-order valence-electron chi connectivity index (χ1n) is 7.54. The van der Waals surface area contributed by atoms with Crippen molar-refractivity contribution in [2.45, 2.75) is 39.0 Å². The summed E-state index contributed by atoms with van der Waals surface area (Å²) in [7, 11) is -3.37. The van der Waals surface area contributed by atoms with Crippen LogP contribution in [0.5, 0.6) is 0 Å². The summed E-state index contributed by atoms with van der Waals surface area (Å²) in [6.45, 7) is 5.90. The van der Waals surface area contributed by atoms with E-state index < -0.39 is 10.0 Å². The molecule has 0 heterocycles. The summed E-state index contributed by atoms with van der Waals surface area (Å²) < 4.78 is 27.5. The average Bonchev–Trinajstić information content (AvgIpc) is 2.49. The lowest BCUT2D eigenvalue weighted by Gasteiger charge is -2.16. The Bertz CT molecular complexity index is 721. The van der Waals surface area contributed by atoms with Gasteiger partial charge in [-0.2, -0.15) is 0 Å².